The molecule has 228 valence electrons. The van der Waals surface area contributed by atoms with E-state index in [-0.39, 0.29) is 30.8 Å². The third-order valence-corrected chi connectivity index (χ3v) is 10.0. The number of carbonyl (C=O) groups is 3. The summed E-state index contributed by atoms with van der Waals surface area (Å²) < 4.78 is 46.3. The molecule has 4 aromatic carbocycles. The van der Waals surface area contributed by atoms with Gasteiger partial charge in [0.25, 0.3) is 11.8 Å². The summed E-state index contributed by atoms with van der Waals surface area (Å²) in [5, 5.41) is 2.74. The molecule has 45 heavy (non-hydrogen) atoms. The zero-order valence-corrected chi connectivity index (χ0v) is 25.4. The Morgan fingerprint density at radius 3 is 1.96 bits per heavy atom. The lowest BCUT2D eigenvalue weighted by atomic mass is 9.59. The van der Waals surface area contributed by atoms with Gasteiger partial charge in [-0.3, -0.25) is 19.7 Å². The number of halogens is 4. The molecule has 0 unspecified atom stereocenters. The van der Waals surface area contributed by atoms with Gasteiger partial charge in [0.05, 0.1) is 17.6 Å². The van der Waals surface area contributed by atoms with E-state index in [1.165, 1.54) is 21.9 Å². The number of Topliss-reactive ketones (excluding diaryl/α,β-unsaturated/α-hetero) is 1. The summed E-state index contributed by atoms with van der Waals surface area (Å²) in [5.41, 5.74) is -2.03. The number of hydrogen-bond donors (Lipinski definition) is 1. The number of para-hydroxylation sites is 1. The van der Waals surface area contributed by atoms with Gasteiger partial charge in [0.2, 0.25) is 5.78 Å². The fourth-order valence-electron chi connectivity index (χ4n) is 7.61. The molecule has 1 N–H and O–H groups in total. The number of likely N-dealkylation sites (tertiary alicyclic amines) is 1. The second-order valence-electron chi connectivity index (χ2n) is 11.8. The van der Waals surface area contributed by atoms with Gasteiger partial charge in [-0.15, -0.1) is 0 Å². The number of carbonyl (C=O) groups excluding carboxylic acids is 3. The average Bonchev–Trinajstić information content (AvgIpc) is 3.58. The molecule has 7 rings (SSSR count). The zero-order valence-electron chi connectivity index (χ0n) is 23.8. The van der Waals surface area contributed by atoms with Crippen LogP contribution >= 0.6 is 15.9 Å². The molecule has 2 fully saturated rings. The van der Waals surface area contributed by atoms with E-state index in [1.54, 1.807) is 60.7 Å². The Labute approximate surface area is 266 Å². The zero-order chi connectivity index (χ0) is 31.6. The first-order valence-electron chi connectivity index (χ1n) is 14.5. The van der Waals surface area contributed by atoms with E-state index in [4.69, 9.17) is 0 Å². The standard InChI is InChI=1S/C35H27BrF3N3O3/c36-26-18-10-17-25-28(26)42(20-23-13-6-2-7-14-23)32(45)34(25)33(21-41(31(44)30(33)43)19-22-11-4-1-5-12-22)27(24-15-8-3-9-16-24)29(40-34)35(37,38)39/h1-18,27,29,40H,19-21H2/t27-,29+,33-,34-/m1/s1. The number of rotatable bonds is 5. The van der Waals surface area contributed by atoms with Crippen molar-refractivity contribution in [3.05, 3.63) is 136 Å². The summed E-state index contributed by atoms with van der Waals surface area (Å²) in [4.78, 5) is 46.4. The summed E-state index contributed by atoms with van der Waals surface area (Å²) in [6, 6.07) is 28.6. The summed E-state index contributed by atoms with van der Waals surface area (Å²) in [5.74, 6) is -4.20. The Hall–Kier alpha value is -4.28. The molecule has 3 heterocycles. The van der Waals surface area contributed by atoms with Crippen molar-refractivity contribution in [3.8, 4) is 0 Å². The molecule has 4 aromatic rings. The van der Waals surface area contributed by atoms with E-state index in [2.05, 4.69) is 21.2 Å². The molecule has 10 heteroatoms. The van der Waals surface area contributed by atoms with Crippen LogP contribution in [0.5, 0.6) is 0 Å². The molecule has 0 aromatic heterocycles. The smallest absolute Gasteiger partial charge is 0.331 e. The van der Waals surface area contributed by atoms with E-state index in [1.807, 2.05) is 36.4 Å². The van der Waals surface area contributed by atoms with Gasteiger partial charge in [0.1, 0.15) is 11.6 Å². The number of nitrogens with one attached hydrogen (secondary N) is 1. The number of anilines is 1. The van der Waals surface area contributed by atoms with Crippen molar-refractivity contribution in [1.29, 1.82) is 0 Å². The molecule has 0 bridgehead atoms. The Bertz CT molecular complexity index is 1800. The molecular formula is C35H27BrF3N3O3. The minimum Gasteiger partial charge on any atom is -0.331 e. The monoisotopic (exact) mass is 673 g/mol. The molecule has 0 saturated carbocycles. The molecule has 4 atom stereocenters. The second-order valence-corrected chi connectivity index (χ2v) is 12.6. The van der Waals surface area contributed by atoms with Gasteiger partial charge < -0.3 is 9.80 Å². The summed E-state index contributed by atoms with van der Waals surface area (Å²) in [6.45, 7) is -0.318. The summed E-state index contributed by atoms with van der Waals surface area (Å²) >= 11 is 3.55. The molecule has 0 aliphatic carbocycles. The first-order chi connectivity index (χ1) is 21.6. The van der Waals surface area contributed by atoms with E-state index in [0.717, 1.165) is 5.56 Å². The number of amides is 2. The van der Waals surface area contributed by atoms with E-state index < -0.39 is 46.7 Å². The molecule has 2 saturated heterocycles. The highest BCUT2D eigenvalue weighted by molar-refractivity contribution is 9.10. The Kier molecular flexibility index (Phi) is 6.98. The lowest BCUT2D eigenvalue weighted by molar-refractivity contribution is -0.159. The Balaban J connectivity index is 1.50. The van der Waals surface area contributed by atoms with Gasteiger partial charge in [0, 0.05) is 29.0 Å². The van der Waals surface area contributed by atoms with E-state index in [0.29, 0.717) is 15.7 Å². The van der Waals surface area contributed by atoms with Crippen molar-refractivity contribution >= 4 is 39.2 Å². The predicted octanol–water partition coefficient (Wildman–Crippen LogP) is 6.11. The first kappa shape index (κ1) is 29.4. The van der Waals surface area contributed by atoms with Crippen molar-refractivity contribution in [2.24, 2.45) is 5.41 Å². The van der Waals surface area contributed by atoms with Crippen molar-refractivity contribution in [3.63, 3.8) is 0 Å². The van der Waals surface area contributed by atoms with Crippen molar-refractivity contribution in [2.75, 3.05) is 11.4 Å². The van der Waals surface area contributed by atoms with Crippen LogP contribution in [0, 0.1) is 5.41 Å². The fourth-order valence-corrected chi connectivity index (χ4v) is 8.19. The molecule has 3 aliphatic heterocycles. The highest BCUT2D eigenvalue weighted by Crippen LogP contribution is 2.66. The van der Waals surface area contributed by atoms with Crippen LogP contribution in [0.2, 0.25) is 0 Å². The van der Waals surface area contributed by atoms with Crippen LogP contribution in [-0.2, 0) is 33.0 Å². The number of ketones is 1. The van der Waals surface area contributed by atoms with Crippen LogP contribution in [0.1, 0.15) is 28.2 Å². The maximum absolute atomic E-state index is 15.3. The Morgan fingerprint density at radius 2 is 1.36 bits per heavy atom. The average molecular weight is 675 g/mol. The van der Waals surface area contributed by atoms with E-state index in [9.17, 15) is 9.59 Å². The SMILES string of the molecule is O=C1C(=O)[C@@]2(CN1Cc1ccccc1)[C@H](c1ccccc1)[C@@H](C(F)(F)F)N[C@]21C(=O)N(Cc2ccccc2)c2c(Br)cccc21. The second kappa shape index (κ2) is 10.7. The van der Waals surface area contributed by atoms with Crippen LogP contribution in [0.25, 0.3) is 0 Å². The number of benzene rings is 4. The topological polar surface area (TPSA) is 69.7 Å². The highest BCUT2D eigenvalue weighted by atomic mass is 79.9. The number of fused-ring (bicyclic) bond motifs is 3. The van der Waals surface area contributed by atoms with Gasteiger partial charge in [-0.25, -0.2) is 0 Å². The normalized spacial score (nSPS) is 26.0. The predicted molar refractivity (Wildman–Crippen MR) is 165 cm³/mol. The lowest BCUT2D eigenvalue weighted by Gasteiger charge is -2.40. The van der Waals surface area contributed by atoms with Crippen LogP contribution in [-0.4, -0.2) is 41.3 Å². The first-order valence-corrected chi connectivity index (χ1v) is 15.3. The summed E-state index contributed by atoms with van der Waals surface area (Å²) in [6.07, 6.45) is -4.87. The van der Waals surface area contributed by atoms with Crippen LogP contribution < -0.4 is 10.2 Å². The van der Waals surface area contributed by atoms with Crippen LogP contribution in [0.4, 0.5) is 18.9 Å². The molecule has 3 aliphatic rings. The third kappa shape index (κ3) is 4.29. The molecule has 6 nitrogen and oxygen atoms in total. The van der Waals surface area contributed by atoms with Gasteiger partial charge in [-0.05, 0) is 38.7 Å². The molecule has 2 spiro atoms. The quantitative estimate of drug-likeness (QED) is 0.260. The summed E-state index contributed by atoms with van der Waals surface area (Å²) in [7, 11) is 0. The van der Waals surface area contributed by atoms with E-state index >= 15 is 18.0 Å². The van der Waals surface area contributed by atoms with Crippen molar-refractivity contribution < 1.29 is 27.6 Å². The van der Waals surface area contributed by atoms with Gasteiger partial charge in [-0.1, -0.05) is 103 Å². The lowest BCUT2D eigenvalue weighted by Crippen LogP contribution is -2.60. The number of alkyl halides is 3. The maximum Gasteiger partial charge on any atom is 0.404 e. The number of nitrogens with zero attached hydrogens (tertiary/aromatic N) is 2. The van der Waals surface area contributed by atoms with Crippen molar-refractivity contribution in [1.82, 2.24) is 10.2 Å². The maximum atomic E-state index is 15.3. The fraction of sp³-hybridized carbons (Fsp3) is 0.229. The minimum absolute atomic E-state index is 0.00863. The largest absolute Gasteiger partial charge is 0.404 e. The van der Waals surface area contributed by atoms with Crippen molar-refractivity contribution in [2.45, 2.75) is 36.8 Å². The third-order valence-electron chi connectivity index (χ3n) is 9.37. The Morgan fingerprint density at radius 1 is 0.778 bits per heavy atom. The molecule has 0 radical (unpaired) electrons. The minimum atomic E-state index is -4.87. The van der Waals surface area contributed by atoms with Gasteiger partial charge in [0.15, 0.2) is 0 Å². The van der Waals surface area contributed by atoms with Gasteiger partial charge >= 0.3 is 6.18 Å². The molecular weight excluding hydrogens is 647 g/mol. The highest BCUT2D eigenvalue weighted by Gasteiger charge is 2.81. The van der Waals surface area contributed by atoms with Crippen LogP contribution in [0.15, 0.2) is 114 Å². The molecule has 2 amide bonds. The van der Waals surface area contributed by atoms with Gasteiger partial charge in [-0.2, -0.15) is 13.2 Å². The number of hydrogen-bond acceptors (Lipinski definition) is 4. The van der Waals surface area contributed by atoms with Crippen LogP contribution in [0.3, 0.4) is 0 Å².